The number of hydrogen-bond acceptors (Lipinski definition) is 3. The predicted octanol–water partition coefficient (Wildman–Crippen LogP) is 1.67. The van der Waals surface area contributed by atoms with Crippen molar-refractivity contribution in [2.24, 2.45) is 0 Å². The van der Waals surface area contributed by atoms with Crippen LogP contribution in [0, 0.1) is 0 Å². The van der Waals surface area contributed by atoms with Crippen LogP contribution in [0.5, 0.6) is 0 Å². The first-order valence-corrected chi connectivity index (χ1v) is 7.12. The van der Waals surface area contributed by atoms with E-state index >= 15 is 0 Å². The van der Waals surface area contributed by atoms with Gasteiger partial charge in [-0.15, -0.1) is 0 Å². The van der Waals surface area contributed by atoms with Crippen LogP contribution in [0.3, 0.4) is 0 Å². The zero-order valence-electron chi connectivity index (χ0n) is 11.2. The van der Waals surface area contributed by atoms with Gasteiger partial charge in [0, 0.05) is 24.8 Å². The fourth-order valence-electron chi connectivity index (χ4n) is 2.89. The van der Waals surface area contributed by atoms with Crippen LogP contribution < -0.4 is 5.32 Å². The second-order valence-electron chi connectivity index (χ2n) is 5.52. The van der Waals surface area contributed by atoms with E-state index in [1.807, 2.05) is 0 Å². The van der Waals surface area contributed by atoms with Gasteiger partial charge in [-0.3, -0.25) is 0 Å². The molecule has 98 valence electrons. The molecule has 1 atom stereocenters. The Hall–Kier alpha value is -0.540. The number of nitrogens with one attached hydrogen (secondary N) is 1. The lowest BCUT2D eigenvalue weighted by Crippen LogP contribution is -2.34. The van der Waals surface area contributed by atoms with Crippen molar-refractivity contribution in [3.05, 3.63) is 12.3 Å². The fourth-order valence-corrected chi connectivity index (χ4v) is 2.89. The molecule has 2 saturated heterocycles. The number of likely N-dealkylation sites (tertiary alicyclic amines) is 2. The van der Waals surface area contributed by atoms with Crippen LogP contribution in [0.25, 0.3) is 0 Å². The van der Waals surface area contributed by atoms with Crippen molar-refractivity contribution in [3.8, 4) is 0 Å². The lowest BCUT2D eigenvalue weighted by molar-refractivity contribution is 0.326. The molecule has 2 aliphatic rings. The van der Waals surface area contributed by atoms with Gasteiger partial charge in [-0.1, -0.05) is 6.58 Å². The first-order chi connectivity index (χ1) is 8.25. The molecule has 3 nitrogen and oxygen atoms in total. The van der Waals surface area contributed by atoms with E-state index < -0.39 is 0 Å². The van der Waals surface area contributed by atoms with Crippen molar-refractivity contribution in [2.45, 2.75) is 38.6 Å². The number of rotatable bonds is 6. The molecule has 0 aromatic heterocycles. The summed E-state index contributed by atoms with van der Waals surface area (Å²) < 4.78 is 0. The summed E-state index contributed by atoms with van der Waals surface area (Å²) >= 11 is 0. The minimum atomic E-state index is 0.685. The summed E-state index contributed by atoms with van der Waals surface area (Å²) in [7, 11) is 0. The lowest BCUT2D eigenvalue weighted by atomic mass is 10.2. The van der Waals surface area contributed by atoms with Crippen molar-refractivity contribution >= 4 is 0 Å². The van der Waals surface area contributed by atoms with E-state index in [0.717, 1.165) is 6.54 Å². The van der Waals surface area contributed by atoms with Crippen molar-refractivity contribution in [2.75, 3.05) is 39.3 Å². The summed E-state index contributed by atoms with van der Waals surface area (Å²) in [6.07, 6.45) is 5.38. The molecule has 0 radical (unpaired) electrons. The van der Waals surface area contributed by atoms with E-state index in [2.05, 4.69) is 28.6 Å². The Labute approximate surface area is 106 Å². The maximum atomic E-state index is 4.01. The van der Waals surface area contributed by atoms with Gasteiger partial charge in [0.25, 0.3) is 0 Å². The first kappa shape index (κ1) is 12.9. The number of nitrogens with zero attached hydrogens (tertiary/aromatic N) is 2. The van der Waals surface area contributed by atoms with Gasteiger partial charge in [-0.25, -0.2) is 0 Å². The highest BCUT2D eigenvalue weighted by molar-refractivity contribution is 4.95. The molecule has 2 rings (SSSR count). The second kappa shape index (κ2) is 6.41. The Morgan fingerprint density at radius 1 is 1.29 bits per heavy atom. The van der Waals surface area contributed by atoms with Crippen molar-refractivity contribution < 1.29 is 0 Å². The molecule has 17 heavy (non-hydrogen) atoms. The summed E-state index contributed by atoms with van der Waals surface area (Å²) in [5, 5.41) is 3.68. The average molecular weight is 237 g/mol. The van der Waals surface area contributed by atoms with Crippen LogP contribution in [0.15, 0.2) is 12.3 Å². The maximum absolute atomic E-state index is 4.01. The molecule has 0 saturated carbocycles. The molecule has 0 aromatic carbocycles. The molecule has 0 amide bonds. The van der Waals surface area contributed by atoms with E-state index in [1.54, 1.807) is 0 Å². The van der Waals surface area contributed by atoms with E-state index in [1.165, 1.54) is 64.1 Å². The Kier molecular flexibility index (Phi) is 4.86. The van der Waals surface area contributed by atoms with Gasteiger partial charge in [-0.2, -0.15) is 0 Å². The Balaban J connectivity index is 1.52. The van der Waals surface area contributed by atoms with Gasteiger partial charge >= 0.3 is 0 Å². The lowest BCUT2D eigenvalue weighted by Gasteiger charge is -2.19. The zero-order chi connectivity index (χ0) is 12.1. The third-order valence-corrected chi connectivity index (χ3v) is 4.01. The number of allylic oxidation sites excluding steroid dienone is 1. The predicted molar refractivity (Wildman–Crippen MR) is 73.1 cm³/mol. The molecule has 0 aromatic rings. The van der Waals surface area contributed by atoms with E-state index in [9.17, 15) is 0 Å². The minimum Gasteiger partial charge on any atom is -0.374 e. The van der Waals surface area contributed by atoms with Gasteiger partial charge in [0.15, 0.2) is 0 Å². The van der Waals surface area contributed by atoms with Crippen LogP contribution in [0.4, 0.5) is 0 Å². The second-order valence-corrected chi connectivity index (χ2v) is 5.52. The normalized spacial score (nSPS) is 25.7. The topological polar surface area (TPSA) is 18.5 Å². The van der Waals surface area contributed by atoms with Crippen LogP contribution >= 0.6 is 0 Å². The molecular formula is C14H27N3. The molecule has 2 aliphatic heterocycles. The molecular weight excluding hydrogens is 210 g/mol. The fraction of sp³-hybridized carbons (Fsp3) is 0.857. The standard InChI is InChI=1S/C14H27N3/c1-13(2)17-11-6-14(12-17)15-7-5-10-16-8-3-4-9-16/h14-15H,1,3-12H2,2H3. The van der Waals surface area contributed by atoms with Gasteiger partial charge in [0.2, 0.25) is 0 Å². The minimum absolute atomic E-state index is 0.685. The molecule has 2 heterocycles. The van der Waals surface area contributed by atoms with Crippen LogP contribution in [0.1, 0.15) is 32.6 Å². The highest BCUT2D eigenvalue weighted by Crippen LogP contribution is 2.13. The summed E-state index contributed by atoms with van der Waals surface area (Å²) in [6, 6.07) is 0.685. The largest absolute Gasteiger partial charge is 0.374 e. The summed E-state index contributed by atoms with van der Waals surface area (Å²) in [6.45, 7) is 13.6. The highest BCUT2D eigenvalue weighted by Gasteiger charge is 2.21. The van der Waals surface area contributed by atoms with Crippen LogP contribution in [0.2, 0.25) is 0 Å². The van der Waals surface area contributed by atoms with Crippen molar-refractivity contribution in [1.29, 1.82) is 0 Å². The molecule has 0 spiro atoms. The Morgan fingerprint density at radius 2 is 2.06 bits per heavy atom. The number of hydrogen-bond donors (Lipinski definition) is 1. The molecule has 1 N–H and O–H groups in total. The van der Waals surface area contributed by atoms with Gasteiger partial charge in [0.05, 0.1) is 0 Å². The SMILES string of the molecule is C=C(C)N1CCC(NCCCN2CCCC2)C1. The highest BCUT2D eigenvalue weighted by atomic mass is 15.2. The van der Waals surface area contributed by atoms with Gasteiger partial charge < -0.3 is 15.1 Å². The summed E-state index contributed by atoms with van der Waals surface area (Å²) in [5.74, 6) is 0. The third kappa shape index (κ3) is 4.00. The molecule has 2 fully saturated rings. The maximum Gasteiger partial charge on any atom is 0.0329 e. The van der Waals surface area contributed by atoms with Crippen molar-refractivity contribution in [3.63, 3.8) is 0 Å². The first-order valence-electron chi connectivity index (χ1n) is 7.12. The quantitative estimate of drug-likeness (QED) is 0.709. The monoisotopic (exact) mass is 237 g/mol. The third-order valence-electron chi connectivity index (χ3n) is 4.01. The van der Waals surface area contributed by atoms with Gasteiger partial charge in [0.1, 0.15) is 0 Å². The molecule has 1 unspecified atom stereocenters. The summed E-state index contributed by atoms with van der Waals surface area (Å²) in [4.78, 5) is 4.98. The van der Waals surface area contributed by atoms with Crippen LogP contribution in [-0.2, 0) is 0 Å². The Morgan fingerprint density at radius 3 is 2.71 bits per heavy atom. The zero-order valence-corrected chi connectivity index (χ0v) is 11.2. The van der Waals surface area contributed by atoms with E-state index in [4.69, 9.17) is 0 Å². The van der Waals surface area contributed by atoms with E-state index in [0.29, 0.717) is 6.04 Å². The van der Waals surface area contributed by atoms with Crippen molar-refractivity contribution in [1.82, 2.24) is 15.1 Å². The Bertz CT molecular complexity index is 246. The smallest absolute Gasteiger partial charge is 0.0329 e. The molecule has 0 bridgehead atoms. The van der Waals surface area contributed by atoms with Crippen LogP contribution in [-0.4, -0.2) is 55.1 Å². The summed E-state index contributed by atoms with van der Waals surface area (Å²) in [5.41, 5.74) is 1.21. The molecule has 0 aliphatic carbocycles. The average Bonchev–Trinajstić information content (AvgIpc) is 2.96. The molecule has 3 heteroatoms. The van der Waals surface area contributed by atoms with Gasteiger partial charge in [-0.05, 0) is 58.8 Å². The van der Waals surface area contributed by atoms with E-state index in [-0.39, 0.29) is 0 Å².